The average Bonchev–Trinajstić information content (AvgIpc) is 1.65. The van der Waals surface area contributed by atoms with Gasteiger partial charge in [0, 0.05) is 5.37 Å². The summed E-state index contributed by atoms with van der Waals surface area (Å²) in [5, 5.41) is 1.04. The van der Waals surface area contributed by atoms with Crippen LogP contribution in [-0.2, 0) is 4.79 Å². The van der Waals surface area contributed by atoms with Gasteiger partial charge in [-0.2, -0.15) is 0 Å². The van der Waals surface area contributed by atoms with Gasteiger partial charge >= 0.3 is 0 Å². The summed E-state index contributed by atoms with van der Waals surface area (Å²) in [5.41, 5.74) is 4.84. The molecule has 0 heterocycles. The molecular weight excluding hydrogens is 98.1 g/mol. The van der Waals surface area contributed by atoms with Crippen LogP contribution in [0.25, 0.3) is 0 Å². The molecule has 34 valence electrons. The first kappa shape index (κ1) is 5.72. The van der Waals surface area contributed by atoms with Gasteiger partial charge in [0.2, 0.25) is 0 Å². The minimum absolute atomic E-state index is 0.0312. The number of Topliss-reactive ketones (excluding diaryl/α,β-unsaturated/α-hetero) is 1. The molecule has 0 aromatic heterocycles. The predicted octanol–water partition coefficient (Wildman–Crippen LogP) is -0.486. The first-order valence-corrected chi connectivity index (χ1v) is 1.96. The summed E-state index contributed by atoms with van der Waals surface area (Å²) in [6.07, 6.45) is 0. The van der Waals surface area contributed by atoms with Crippen LogP contribution in [0.15, 0.2) is 0 Å². The number of rotatable bonds is 2. The number of hydrogen-bond donors (Lipinski definition) is 1. The molecule has 0 atom stereocenters. The van der Waals surface area contributed by atoms with Gasteiger partial charge < -0.3 is 5.73 Å². The van der Waals surface area contributed by atoms with Crippen LogP contribution in [-0.4, -0.2) is 17.7 Å². The summed E-state index contributed by atoms with van der Waals surface area (Å²) in [6, 6.07) is 0. The lowest BCUT2D eigenvalue weighted by atomic mass is 10.5. The quantitative estimate of drug-likeness (QED) is 0.480. The van der Waals surface area contributed by atoms with Crippen molar-refractivity contribution in [2.24, 2.45) is 5.73 Å². The Morgan fingerprint density at radius 2 is 2.50 bits per heavy atom. The molecule has 6 heavy (non-hydrogen) atoms. The molecule has 2 N–H and O–H groups in total. The highest BCUT2D eigenvalue weighted by Gasteiger charge is 1.83. The van der Waals surface area contributed by atoms with Crippen molar-refractivity contribution in [3.05, 3.63) is 0 Å². The molecule has 0 aliphatic heterocycles. The SMILES string of the molecule is NCC(=O)C=S. The molecule has 0 unspecified atom stereocenters. The van der Waals surface area contributed by atoms with E-state index in [-0.39, 0.29) is 12.3 Å². The van der Waals surface area contributed by atoms with E-state index < -0.39 is 0 Å². The summed E-state index contributed by atoms with van der Waals surface area (Å²) < 4.78 is 0. The Bertz CT molecular complexity index is 71.2. The third kappa shape index (κ3) is 1.99. The standard InChI is InChI=1S/C3H5NOS/c4-1-3(5)2-6/h2H,1,4H2. The van der Waals surface area contributed by atoms with Crippen molar-refractivity contribution < 1.29 is 4.79 Å². The predicted molar refractivity (Wildman–Crippen MR) is 27.7 cm³/mol. The zero-order valence-corrected chi connectivity index (χ0v) is 3.99. The number of thiocarbonyl (C=S) groups is 1. The van der Waals surface area contributed by atoms with Crippen LogP contribution in [0.4, 0.5) is 0 Å². The minimum atomic E-state index is -0.190. The first-order chi connectivity index (χ1) is 2.81. The minimum Gasteiger partial charge on any atom is -0.324 e. The lowest BCUT2D eigenvalue weighted by molar-refractivity contribution is -0.111. The highest BCUT2D eigenvalue weighted by atomic mass is 32.1. The van der Waals surface area contributed by atoms with E-state index in [2.05, 4.69) is 12.2 Å². The fourth-order valence-electron chi connectivity index (χ4n) is 0.0481. The van der Waals surface area contributed by atoms with Crippen LogP contribution >= 0.6 is 12.2 Å². The number of nitrogens with two attached hydrogens (primary N) is 1. The second-order valence-corrected chi connectivity index (χ2v) is 1.02. The Labute approximate surface area is 41.3 Å². The maximum Gasteiger partial charge on any atom is 0.179 e. The van der Waals surface area contributed by atoms with Crippen LogP contribution in [0.2, 0.25) is 0 Å². The smallest absolute Gasteiger partial charge is 0.179 e. The Kier molecular flexibility index (Phi) is 2.80. The largest absolute Gasteiger partial charge is 0.324 e. The van der Waals surface area contributed by atoms with Gasteiger partial charge in [-0.05, 0) is 0 Å². The molecule has 3 heteroatoms. The number of ketones is 1. The second kappa shape index (κ2) is 2.93. The summed E-state index contributed by atoms with van der Waals surface area (Å²) in [5.74, 6) is -0.190. The third-order valence-electron chi connectivity index (χ3n) is 0.333. The van der Waals surface area contributed by atoms with Crippen molar-refractivity contribution in [1.29, 1.82) is 0 Å². The van der Waals surface area contributed by atoms with E-state index in [0.717, 1.165) is 5.37 Å². The van der Waals surface area contributed by atoms with E-state index in [0.29, 0.717) is 0 Å². The number of carbonyl (C=O) groups is 1. The Morgan fingerprint density at radius 1 is 2.00 bits per heavy atom. The lowest BCUT2D eigenvalue weighted by Gasteiger charge is -1.74. The molecule has 0 fully saturated rings. The van der Waals surface area contributed by atoms with Gasteiger partial charge in [0.1, 0.15) is 0 Å². The van der Waals surface area contributed by atoms with E-state index in [1.165, 1.54) is 0 Å². The Balaban J connectivity index is 3.23. The van der Waals surface area contributed by atoms with E-state index in [4.69, 9.17) is 5.73 Å². The molecule has 0 aliphatic carbocycles. The third-order valence-corrected chi connectivity index (χ3v) is 0.596. The molecule has 0 spiro atoms. The van der Waals surface area contributed by atoms with Crippen LogP contribution < -0.4 is 5.73 Å². The highest BCUT2D eigenvalue weighted by molar-refractivity contribution is 7.80. The molecule has 0 aromatic carbocycles. The fourth-order valence-corrected chi connectivity index (χ4v) is 0.144. The molecule has 0 aliphatic rings. The summed E-state index contributed by atoms with van der Waals surface area (Å²) in [4.78, 5) is 9.90. The van der Waals surface area contributed by atoms with Gasteiger partial charge in [-0.25, -0.2) is 0 Å². The molecule has 0 saturated heterocycles. The van der Waals surface area contributed by atoms with Crippen molar-refractivity contribution in [1.82, 2.24) is 0 Å². The maximum absolute atomic E-state index is 9.90. The molecule has 0 bridgehead atoms. The zero-order chi connectivity index (χ0) is 4.99. The molecular formula is C3H5NOS. The van der Waals surface area contributed by atoms with Gasteiger partial charge in [-0.1, -0.05) is 12.2 Å². The van der Waals surface area contributed by atoms with Crippen molar-refractivity contribution in [2.45, 2.75) is 0 Å². The summed E-state index contributed by atoms with van der Waals surface area (Å²) >= 11 is 4.22. The summed E-state index contributed by atoms with van der Waals surface area (Å²) in [7, 11) is 0. The van der Waals surface area contributed by atoms with Crippen molar-refractivity contribution in [2.75, 3.05) is 6.54 Å². The van der Waals surface area contributed by atoms with Crippen LogP contribution in [0.3, 0.4) is 0 Å². The van der Waals surface area contributed by atoms with Crippen molar-refractivity contribution in [3.8, 4) is 0 Å². The average molecular weight is 103 g/mol. The first-order valence-electron chi connectivity index (χ1n) is 1.49. The second-order valence-electron chi connectivity index (χ2n) is 0.788. The molecule has 0 radical (unpaired) electrons. The fraction of sp³-hybridized carbons (Fsp3) is 0.333. The van der Waals surface area contributed by atoms with Gasteiger partial charge in [-0.3, -0.25) is 4.79 Å². The maximum atomic E-state index is 9.90. The van der Waals surface area contributed by atoms with Gasteiger partial charge in [0.15, 0.2) is 5.78 Å². The molecule has 0 amide bonds. The van der Waals surface area contributed by atoms with E-state index in [9.17, 15) is 4.79 Å². The molecule has 2 nitrogen and oxygen atoms in total. The lowest BCUT2D eigenvalue weighted by Crippen LogP contribution is -2.12. The number of carbonyl (C=O) groups excluding carboxylic acids is 1. The molecule has 0 rings (SSSR count). The van der Waals surface area contributed by atoms with Gasteiger partial charge in [-0.15, -0.1) is 0 Å². The van der Waals surface area contributed by atoms with E-state index in [1.807, 2.05) is 0 Å². The molecule has 0 saturated carbocycles. The van der Waals surface area contributed by atoms with Crippen molar-refractivity contribution >= 4 is 23.4 Å². The Morgan fingerprint density at radius 3 is 2.50 bits per heavy atom. The van der Waals surface area contributed by atoms with E-state index >= 15 is 0 Å². The Hall–Kier alpha value is -0.280. The summed E-state index contributed by atoms with van der Waals surface area (Å²) in [6.45, 7) is 0.0312. The zero-order valence-electron chi connectivity index (χ0n) is 3.18. The highest BCUT2D eigenvalue weighted by Crippen LogP contribution is 1.55. The normalized spacial score (nSPS) is 7.50. The van der Waals surface area contributed by atoms with Gasteiger partial charge in [0.05, 0.1) is 6.54 Å². The van der Waals surface area contributed by atoms with E-state index in [1.54, 1.807) is 0 Å². The monoisotopic (exact) mass is 103 g/mol. The topological polar surface area (TPSA) is 43.1 Å². The molecule has 0 aromatic rings. The van der Waals surface area contributed by atoms with Gasteiger partial charge in [0.25, 0.3) is 0 Å². The van der Waals surface area contributed by atoms with Crippen molar-refractivity contribution in [3.63, 3.8) is 0 Å². The van der Waals surface area contributed by atoms with Crippen LogP contribution in [0.1, 0.15) is 0 Å². The number of hydrogen-bond acceptors (Lipinski definition) is 3. The van der Waals surface area contributed by atoms with Crippen LogP contribution in [0.5, 0.6) is 0 Å². The van der Waals surface area contributed by atoms with Crippen LogP contribution in [0, 0.1) is 0 Å².